The van der Waals surface area contributed by atoms with E-state index >= 15 is 4.39 Å². The third-order valence-corrected chi connectivity index (χ3v) is 16.2. The minimum Gasteiger partial charge on any atom is -0.501 e. The molecule has 0 amide bonds. The fraction of sp³-hybridized carbons (Fsp3) is 0.0702. The van der Waals surface area contributed by atoms with Crippen LogP contribution in [0.4, 0.5) is 4.39 Å². The van der Waals surface area contributed by atoms with Gasteiger partial charge >= 0.3 is 144 Å². The third-order valence-electron chi connectivity index (χ3n) is 11.9. The quantitative estimate of drug-likeness (QED) is 0.123. The van der Waals surface area contributed by atoms with Crippen LogP contribution < -0.4 is 4.40 Å². The monoisotopic (exact) mass is 1100 g/mol. The number of aromatic nitrogens is 4. The molecule has 0 saturated heterocycles. The van der Waals surface area contributed by atoms with E-state index in [2.05, 4.69) is 87.9 Å². The maximum atomic E-state index is 15.9. The van der Waals surface area contributed by atoms with E-state index in [0.29, 0.717) is 28.4 Å². The van der Waals surface area contributed by atoms with Crippen molar-refractivity contribution in [2.45, 2.75) is 24.2 Å². The Morgan fingerprint density at radius 2 is 1.21 bits per heavy atom. The van der Waals surface area contributed by atoms with E-state index in [1.54, 1.807) is 6.07 Å². The molecule has 0 aliphatic carbocycles. The van der Waals surface area contributed by atoms with E-state index in [1.807, 2.05) is 133 Å². The molecule has 0 atom stereocenters. The Hall–Kier alpha value is -6.97. The summed E-state index contributed by atoms with van der Waals surface area (Å²) < 4.78 is 31.8. The van der Waals surface area contributed by atoms with Crippen LogP contribution in [-0.4, -0.2) is 32.8 Å². The van der Waals surface area contributed by atoms with Gasteiger partial charge in [0.05, 0.1) is 28.1 Å². The summed E-state index contributed by atoms with van der Waals surface area (Å²) in [6, 6.07) is 62.4. The Bertz CT molecular complexity index is 3730. The first-order chi connectivity index (χ1) is 31.7. The first-order valence-electron chi connectivity index (χ1n) is 21.6. The predicted molar refractivity (Wildman–Crippen MR) is 265 cm³/mol. The molecule has 0 saturated carbocycles. The zero-order valence-corrected chi connectivity index (χ0v) is 41.1. The van der Waals surface area contributed by atoms with Gasteiger partial charge in [0.25, 0.3) is 0 Å². The van der Waals surface area contributed by atoms with Crippen LogP contribution in [0.5, 0.6) is 0 Å². The van der Waals surface area contributed by atoms with Gasteiger partial charge in [0.2, 0.25) is 0 Å². The van der Waals surface area contributed by atoms with Crippen molar-refractivity contribution in [3.63, 3.8) is 0 Å². The molecular weight excluding hydrogens is 1060 g/mol. The van der Waals surface area contributed by atoms with E-state index in [1.165, 1.54) is 4.40 Å². The number of halogens is 1. The summed E-state index contributed by atoms with van der Waals surface area (Å²) in [5.41, 5.74) is 12.3. The number of pyridine rings is 2. The molecule has 7 aromatic carbocycles. The van der Waals surface area contributed by atoms with Gasteiger partial charge in [-0.3, -0.25) is 4.98 Å². The second kappa shape index (κ2) is 17.4. The predicted octanol–water partition coefficient (Wildman–Crippen LogP) is 14.6. The Morgan fingerprint density at radius 1 is 0.576 bits per heavy atom. The number of furan rings is 2. The summed E-state index contributed by atoms with van der Waals surface area (Å²) >= 11 is -1.85. The van der Waals surface area contributed by atoms with Gasteiger partial charge in [-0.15, -0.1) is 18.2 Å². The van der Waals surface area contributed by atoms with Gasteiger partial charge in [-0.1, -0.05) is 102 Å². The number of hydrogen-bond acceptors (Lipinski definition) is 5. The van der Waals surface area contributed by atoms with Crippen molar-refractivity contribution >= 4 is 72.7 Å². The molecule has 0 N–H and O–H groups in total. The maximum absolute atomic E-state index is 15.9. The van der Waals surface area contributed by atoms with Crippen LogP contribution in [0.25, 0.3) is 106 Å². The van der Waals surface area contributed by atoms with Crippen LogP contribution >= 0.6 is 0 Å². The molecule has 5 heterocycles. The van der Waals surface area contributed by atoms with Crippen molar-refractivity contribution in [2.75, 3.05) is 0 Å². The van der Waals surface area contributed by atoms with Gasteiger partial charge in [0.1, 0.15) is 11.4 Å². The molecule has 66 heavy (non-hydrogen) atoms. The normalized spacial score (nSPS) is 11.6. The summed E-state index contributed by atoms with van der Waals surface area (Å²) in [6.45, 7) is 1.97. The molecule has 6 nitrogen and oxygen atoms in total. The Morgan fingerprint density at radius 3 is 1.91 bits per heavy atom. The average Bonchev–Trinajstić information content (AvgIpc) is 4.03. The fourth-order valence-corrected chi connectivity index (χ4v) is 10.7. The van der Waals surface area contributed by atoms with Gasteiger partial charge in [-0.2, -0.15) is 0 Å². The van der Waals surface area contributed by atoms with E-state index in [4.69, 9.17) is 13.8 Å². The number of nitrogens with zero attached hydrogens (tertiary/aromatic N) is 4. The van der Waals surface area contributed by atoms with Crippen molar-refractivity contribution in [1.82, 2.24) is 19.5 Å². The topological polar surface area (TPSA) is 69.9 Å². The summed E-state index contributed by atoms with van der Waals surface area (Å²) in [7, 11) is 0. The minimum atomic E-state index is -1.85. The van der Waals surface area contributed by atoms with Crippen LogP contribution in [0, 0.1) is 24.9 Å². The third kappa shape index (κ3) is 7.85. The number of rotatable bonds is 6. The number of fused-ring (bicyclic) bond motifs is 7. The Labute approximate surface area is 397 Å². The van der Waals surface area contributed by atoms with Gasteiger partial charge in [-0.25, -0.2) is 4.39 Å². The number of para-hydroxylation sites is 2. The summed E-state index contributed by atoms with van der Waals surface area (Å²) in [4.78, 5) is 14.2. The van der Waals surface area contributed by atoms with Crippen LogP contribution in [0.3, 0.4) is 0 Å². The van der Waals surface area contributed by atoms with Crippen LogP contribution in [0.15, 0.2) is 185 Å². The summed E-state index contributed by atoms with van der Waals surface area (Å²) in [5.74, 6) is 7.36. The Kier molecular flexibility index (Phi) is 11.4. The van der Waals surface area contributed by atoms with Crippen LogP contribution in [0.1, 0.15) is 5.69 Å². The molecule has 0 bridgehead atoms. The molecule has 0 aliphatic heterocycles. The second-order valence-corrected chi connectivity index (χ2v) is 27.9. The smallest absolute Gasteiger partial charge is 0.147 e. The molecule has 9 heteroatoms. The molecule has 0 fully saturated rings. The van der Waals surface area contributed by atoms with Crippen molar-refractivity contribution in [1.29, 1.82) is 0 Å². The molecule has 1 radical (unpaired) electrons. The standard InChI is InChI=1S/C37H22FN2O.C20H19GeN2O.Ir/c38-31-22-26(24-10-3-1-4-11-24)19-21-33(31)40-34-17-8-7-16-32(34)39-37(40)30-15-9-14-29-28-20-18-27(23-35(28)41-36(29)30)25-12-5-2-6-13-25;1-13-8-10-16-15-6-5-7-17(19(15)24-20(16)23-13)18-11-9-14(12-22-18)21(2,3)4;/h1-14,16-23H;5-6,8-12H,1-4H3;/q2*-1;. The van der Waals surface area contributed by atoms with E-state index in [-0.39, 0.29) is 25.9 Å². The minimum absolute atomic E-state index is 0. The molecule has 5 aromatic heterocycles. The molecule has 0 spiro atoms. The average molecular weight is 1100 g/mol. The van der Waals surface area contributed by atoms with Crippen molar-refractivity contribution < 1.29 is 33.3 Å². The maximum Gasteiger partial charge on any atom is 0.147 e. The number of imidazole rings is 1. The van der Waals surface area contributed by atoms with E-state index in [0.717, 1.165) is 82.9 Å². The number of aryl methyl sites for hydroxylation is 1. The first kappa shape index (κ1) is 43.0. The van der Waals surface area contributed by atoms with Gasteiger partial charge in [0.15, 0.2) is 0 Å². The van der Waals surface area contributed by atoms with Crippen LogP contribution in [0.2, 0.25) is 17.3 Å². The molecular formula is C57H41FGeIrN4O2-2. The van der Waals surface area contributed by atoms with Crippen molar-refractivity contribution in [3.05, 3.63) is 200 Å². The van der Waals surface area contributed by atoms with E-state index in [9.17, 15) is 0 Å². The largest absolute Gasteiger partial charge is 0.501 e. The first-order valence-corrected chi connectivity index (χ1v) is 29.0. The zero-order valence-electron chi connectivity index (χ0n) is 36.6. The molecule has 12 aromatic rings. The van der Waals surface area contributed by atoms with Gasteiger partial charge < -0.3 is 8.98 Å². The van der Waals surface area contributed by atoms with Gasteiger partial charge in [0, 0.05) is 25.5 Å². The Balaban J connectivity index is 0.000000175. The second-order valence-electron chi connectivity index (χ2n) is 17.3. The number of benzene rings is 7. The fourth-order valence-electron chi connectivity index (χ4n) is 8.54. The molecule has 0 unspecified atom stereocenters. The molecule has 12 rings (SSSR count). The molecule has 0 aliphatic rings. The van der Waals surface area contributed by atoms with Crippen molar-refractivity contribution in [2.24, 2.45) is 0 Å². The zero-order chi connectivity index (χ0) is 44.2. The van der Waals surface area contributed by atoms with Gasteiger partial charge in [-0.05, 0) is 52.6 Å². The SMILES string of the molecule is Cc1ccc2c(n1)oc1c(-c3cc[c]([Ge]([CH3])([CH3])[CH3])cn3)[c-]ccc12.Fc1cc(-c2ccccc2)ccc1-n1c(-c2[c-]ccc3c2oc2cc(-c4ccccc4)ccc23)nc2ccccc21.[Ir]. The molecule has 323 valence electrons. The van der Waals surface area contributed by atoms with Crippen LogP contribution in [-0.2, 0) is 20.1 Å². The van der Waals surface area contributed by atoms with E-state index < -0.39 is 13.3 Å². The summed E-state index contributed by atoms with van der Waals surface area (Å²) in [6.07, 6.45) is 2.02. The van der Waals surface area contributed by atoms with Crippen molar-refractivity contribution in [3.8, 4) is 50.6 Å². The summed E-state index contributed by atoms with van der Waals surface area (Å²) in [5, 5.41) is 4.07. The number of hydrogen-bond donors (Lipinski definition) is 0.